The van der Waals surface area contributed by atoms with Crippen LogP contribution in [0, 0.1) is 6.92 Å². The molecule has 0 amide bonds. The summed E-state index contributed by atoms with van der Waals surface area (Å²) >= 11 is 13.3. The smallest absolute Gasteiger partial charge is 0.323 e. The molecule has 1 unspecified atom stereocenters. The predicted molar refractivity (Wildman–Crippen MR) is 255 cm³/mol. The van der Waals surface area contributed by atoms with E-state index >= 15 is 0 Å². The Balaban J connectivity index is 1.17. The first kappa shape index (κ1) is 47.4. The van der Waals surface area contributed by atoms with Gasteiger partial charge in [-0.3, -0.25) is 20.1 Å². The van der Waals surface area contributed by atoms with Crippen LogP contribution >= 0.6 is 23.2 Å². The number of aromatic nitrogens is 1. The van der Waals surface area contributed by atoms with E-state index < -0.39 is 18.1 Å². The lowest BCUT2D eigenvalue weighted by Gasteiger charge is -2.25. The molecule has 0 aliphatic rings. The molecule has 62 heavy (non-hydrogen) atoms. The standard InChI is InChI=1S/C51H54Cl2N4O5/c1-7-43(32(2)47(54-6)23-19-40-16-14-37(28-46(40)53)30-57-50(34(4)59)51(60)61)39-17-21-42(22-18-39)62-35(5)49(31-58)56-29-36-13-15-41(45(52)27-36)20-24-48-33(3)44(25-26-55-48)38-11-9-8-10-12-38/h7-28,34-35,49-50,56-59H,6,29-31H2,1-5H3,(H,60,61)/b23-19+,24-20+,43-7+,47-32-/t34-,35+,49+,50?/m0/s1. The van der Waals surface area contributed by atoms with Gasteiger partial charge in [-0.2, -0.15) is 0 Å². The van der Waals surface area contributed by atoms with Crippen LogP contribution in [0.5, 0.6) is 5.75 Å². The zero-order chi connectivity index (χ0) is 44.8. The Morgan fingerprint density at radius 1 is 0.887 bits per heavy atom. The number of allylic oxidation sites excluding steroid dienone is 4. The zero-order valence-electron chi connectivity index (χ0n) is 35.6. The molecule has 1 heterocycles. The molecule has 0 radical (unpaired) electrons. The third kappa shape index (κ3) is 12.7. The lowest BCUT2D eigenvalue weighted by Crippen LogP contribution is -2.44. The number of nitrogens with one attached hydrogen (secondary N) is 2. The number of carbonyl (C=O) groups is 1. The molecule has 5 rings (SSSR count). The van der Waals surface area contributed by atoms with Crippen LogP contribution in [0.4, 0.5) is 0 Å². The van der Waals surface area contributed by atoms with Gasteiger partial charge in [-0.25, -0.2) is 0 Å². The molecule has 5 aromatic rings. The number of carboxylic acids is 1. The van der Waals surface area contributed by atoms with Crippen molar-refractivity contribution in [3.05, 3.63) is 176 Å². The quantitative estimate of drug-likeness (QED) is 0.0385. The number of ether oxygens (including phenoxy) is 1. The first-order valence-electron chi connectivity index (χ1n) is 20.4. The Hall–Kier alpha value is -5.65. The van der Waals surface area contributed by atoms with E-state index in [1.165, 1.54) is 6.92 Å². The Labute approximate surface area is 374 Å². The van der Waals surface area contributed by atoms with Gasteiger partial charge in [0.25, 0.3) is 0 Å². The number of halogens is 2. The summed E-state index contributed by atoms with van der Waals surface area (Å²) in [6.07, 6.45) is 10.1. The van der Waals surface area contributed by atoms with E-state index in [0.29, 0.717) is 28.0 Å². The Kier molecular flexibility index (Phi) is 17.6. The third-order valence-corrected chi connectivity index (χ3v) is 11.3. The molecule has 4 aromatic carbocycles. The van der Waals surface area contributed by atoms with E-state index in [9.17, 15) is 20.1 Å². The van der Waals surface area contributed by atoms with Crippen LogP contribution < -0.4 is 15.4 Å². The number of rotatable bonds is 20. The van der Waals surface area contributed by atoms with Crippen LogP contribution in [0.1, 0.15) is 66.8 Å². The van der Waals surface area contributed by atoms with Gasteiger partial charge in [-0.1, -0.05) is 108 Å². The van der Waals surface area contributed by atoms with Gasteiger partial charge in [-0.15, -0.1) is 0 Å². The molecule has 1 aromatic heterocycles. The minimum atomic E-state index is -1.13. The molecule has 0 saturated heterocycles. The van der Waals surface area contributed by atoms with Crippen LogP contribution in [0.25, 0.3) is 34.9 Å². The average molecular weight is 874 g/mol. The maximum absolute atomic E-state index is 11.4. The fourth-order valence-electron chi connectivity index (χ4n) is 6.98. The van der Waals surface area contributed by atoms with Gasteiger partial charge in [0.2, 0.25) is 0 Å². The van der Waals surface area contributed by atoms with Crippen LogP contribution in [0.2, 0.25) is 10.0 Å². The maximum Gasteiger partial charge on any atom is 0.323 e. The number of hydrogen-bond acceptors (Lipinski definition) is 8. The fraction of sp³-hybridized carbons (Fsp3) is 0.235. The van der Waals surface area contributed by atoms with Crippen molar-refractivity contribution >= 4 is 59.7 Å². The number of aliphatic carboxylic acids is 1. The monoisotopic (exact) mass is 872 g/mol. The molecule has 0 saturated carbocycles. The highest BCUT2D eigenvalue weighted by Gasteiger charge is 2.22. The SMILES string of the molecule is C=NC(/C=C/c1ccc(CNC(C(=O)O)[C@H](C)O)cc1Cl)=C(C)\C(=C/C)c1ccc(O[C@H](C)[C@@H](CO)NCc2ccc(/C=C/c3nccc(-c4ccccc4)c3C)c(Cl)c2)cc1. The number of aliphatic hydroxyl groups excluding tert-OH is 2. The first-order valence-corrected chi connectivity index (χ1v) is 21.1. The highest BCUT2D eigenvalue weighted by atomic mass is 35.5. The number of aliphatic hydroxyl groups is 2. The minimum absolute atomic E-state index is 0.122. The van der Waals surface area contributed by atoms with Crippen molar-refractivity contribution in [1.82, 2.24) is 15.6 Å². The van der Waals surface area contributed by atoms with Gasteiger partial charge in [0.1, 0.15) is 17.9 Å². The molecular weight excluding hydrogens is 819 g/mol. The van der Waals surface area contributed by atoms with E-state index in [4.69, 9.17) is 27.9 Å². The predicted octanol–water partition coefficient (Wildman–Crippen LogP) is 10.5. The number of carboxylic acid groups (broad SMARTS) is 1. The lowest BCUT2D eigenvalue weighted by atomic mass is 9.96. The first-order chi connectivity index (χ1) is 29.8. The molecular formula is C51H54Cl2N4O5. The molecule has 4 atom stereocenters. The molecule has 0 fully saturated rings. The summed E-state index contributed by atoms with van der Waals surface area (Å²) in [7, 11) is 0. The van der Waals surface area contributed by atoms with E-state index in [2.05, 4.69) is 46.4 Å². The summed E-state index contributed by atoms with van der Waals surface area (Å²) in [5, 5.41) is 36.7. The molecule has 0 aliphatic carbocycles. The van der Waals surface area contributed by atoms with Crippen LogP contribution in [0.15, 0.2) is 132 Å². The summed E-state index contributed by atoms with van der Waals surface area (Å²) in [6, 6.07) is 30.0. The van der Waals surface area contributed by atoms with Gasteiger partial charge < -0.3 is 25.4 Å². The maximum atomic E-state index is 11.4. The number of benzene rings is 4. The highest BCUT2D eigenvalue weighted by molar-refractivity contribution is 6.32. The largest absolute Gasteiger partial charge is 0.489 e. The van der Waals surface area contributed by atoms with Crippen molar-refractivity contribution in [1.29, 1.82) is 0 Å². The topological polar surface area (TPSA) is 136 Å². The van der Waals surface area contributed by atoms with Crippen molar-refractivity contribution in [2.24, 2.45) is 4.99 Å². The number of aliphatic imine (C=N–C) groups is 1. The molecule has 11 heteroatoms. The van der Waals surface area contributed by atoms with Crippen molar-refractivity contribution in [2.45, 2.75) is 72.0 Å². The van der Waals surface area contributed by atoms with Gasteiger partial charge in [0, 0.05) is 29.3 Å². The fourth-order valence-corrected chi connectivity index (χ4v) is 7.52. The van der Waals surface area contributed by atoms with Gasteiger partial charge in [0.15, 0.2) is 0 Å². The Morgan fingerprint density at radius 3 is 2.08 bits per heavy atom. The molecule has 0 spiro atoms. The second kappa shape index (κ2) is 23.0. The summed E-state index contributed by atoms with van der Waals surface area (Å²) < 4.78 is 6.28. The second-order valence-electron chi connectivity index (χ2n) is 14.9. The highest BCUT2D eigenvalue weighted by Crippen LogP contribution is 2.30. The van der Waals surface area contributed by atoms with Crippen molar-refractivity contribution < 1.29 is 24.9 Å². The minimum Gasteiger partial charge on any atom is -0.489 e. The average Bonchev–Trinajstić information content (AvgIpc) is 3.25. The van der Waals surface area contributed by atoms with E-state index in [1.54, 1.807) is 6.07 Å². The van der Waals surface area contributed by atoms with Crippen LogP contribution in [-0.2, 0) is 17.9 Å². The molecule has 9 nitrogen and oxygen atoms in total. The lowest BCUT2D eigenvalue weighted by molar-refractivity contribution is -0.142. The van der Waals surface area contributed by atoms with Gasteiger partial charge >= 0.3 is 5.97 Å². The number of pyridine rings is 1. The molecule has 0 bridgehead atoms. The van der Waals surface area contributed by atoms with Crippen molar-refractivity contribution in [3.63, 3.8) is 0 Å². The van der Waals surface area contributed by atoms with E-state index in [0.717, 1.165) is 61.3 Å². The molecule has 5 N–H and O–H groups in total. The van der Waals surface area contributed by atoms with Crippen molar-refractivity contribution in [2.75, 3.05) is 6.61 Å². The zero-order valence-corrected chi connectivity index (χ0v) is 37.2. The summed E-state index contributed by atoms with van der Waals surface area (Å²) in [5.41, 5.74) is 11.2. The molecule has 0 aliphatic heterocycles. The Morgan fingerprint density at radius 2 is 1.52 bits per heavy atom. The van der Waals surface area contributed by atoms with Crippen LogP contribution in [-0.4, -0.2) is 63.9 Å². The van der Waals surface area contributed by atoms with Gasteiger partial charge in [-0.05, 0) is 139 Å². The van der Waals surface area contributed by atoms with E-state index in [1.807, 2.05) is 136 Å². The third-order valence-electron chi connectivity index (χ3n) is 10.6. The summed E-state index contributed by atoms with van der Waals surface area (Å²) in [6.45, 7) is 13.8. The summed E-state index contributed by atoms with van der Waals surface area (Å²) in [5.74, 6) is -0.464. The number of nitrogens with zero attached hydrogens (tertiary/aromatic N) is 2. The van der Waals surface area contributed by atoms with Crippen LogP contribution in [0.3, 0.4) is 0 Å². The molecule has 322 valence electrons. The normalized spacial score (nSPS) is 14.4. The van der Waals surface area contributed by atoms with E-state index in [-0.39, 0.29) is 25.3 Å². The van der Waals surface area contributed by atoms with Crippen molar-refractivity contribution in [3.8, 4) is 16.9 Å². The second-order valence-corrected chi connectivity index (χ2v) is 15.8. The Bertz CT molecular complexity index is 2450. The number of hydrogen-bond donors (Lipinski definition) is 5. The van der Waals surface area contributed by atoms with Gasteiger partial charge in [0.05, 0.1) is 30.1 Å². The summed E-state index contributed by atoms with van der Waals surface area (Å²) in [4.78, 5) is 20.3.